The fraction of sp³-hybridized carbons (Fsp3) is 0.571. The van der Waals surface area contributed by atoms with Crippen molar-refractivity contribution in [2.75, 3.05) is 11.9 Å². The standard InChI is InChI=1S/C14H22N2O2S/c1-11-13(8-5-9-14(11)19(15,17)18)16-10-12-6-3-2-4-7-12/h5,8-9,12,16H,2-4,6-7,10H2,1H3,(H2,15,17,18). The topological polar surface area (TPSA) is 72.2 Å². The molecular formula is C14H22N2O2S. The van der Waals surface area contributed by atoms with Gasteiger partial charge in [0, 0.05) is 12.2 Å². The Morgan fingerprint density at radius 2 is 1.95 bits per heavy atom. The van der Waals surface area contributed by atoms with E-state index in [1.54, 1.807) is 19.1 Å². The molecule has 4 nitrogen and oxygen atoms in total. The van der Waals surface area contributed by atoms with E-state index >= 15 is 0 Å². The first-order chi connectivity index (χ1) is 8.98. The van der Waals surface area contributed by atoms with Crippen LogP contribution in [0, 0.1) is 12.8 Å². The Balaban J connectivity index is 2.08. The van der Waals surface area contributed by atoms with E-state index in [1.165, 1.54) is 32.1 Å². The lowest BCUT2D eigenvalue weighted by molar-refractivity contribution is 0.373. The van der Waals surface area contributed by atoms with Gasteiger partial charge in [0.25, 0.3) is 0 Å². The minimum Gasteiger partial charge on any atom is -0.385 e. The predicted molar refractivity (Wildman–Crippen MR) is 77.6 cm³/mol. The summed E-state index contributed by atoms with van der Waals surface area (Å²) in [7, 11) is -3.64. The van der Waals surface area contributed by atoms with Crippen LogP contribution < -0.4 is 10.5 Å². The second-order valence-corrected chi connectivity index (χ2v) is 6.89. The molecule has 1 aliphatic carbocycles. The third kappa shape index (κ3) is 3.70. The third-order valence-electron chi connectivity index (χ3n) is 3.90. The Morgan fingerprint density at radius 1 is 1.26 bits per heavy atom. The van der Waals surface area contributed by atoms with Crippen molar-refractivity contribution < 1.29 is 8.42 Å². The molecule has 2 rings (SSSR count). The molecule has 1 fully saturated rings. The molecule has 3 N–H and O–H groups in total. The average molecular weight is 282 g/mol. The van der Waals surface area contributed by atoms with Gasteiger partial charge in [-0.05, 0) is 43.4 Å². The van der Waals surface area contributed by atoms with Gasteiger partial charge in [0.05, 0.1) is 4.90 Å². The van der Waals surface area contributed by atoms with Crippen molar-refractivity contribution in [2.45, 2.75) is 43.9 Å². The molecule has 106 valence electrons. The maximum atomic E-state index is 11.5. The molecule has 1 aliphatic rings. The summed E-state index contributed by atoms with van der Waals surface area (Å²) >= 11 is 0. The zero-order chi connectivity index (χ0) is 13.9. The van der Waals surface area contributed by atoms with Crippen LogP contribution in [0.3, 0.4) is 0 Å². The minimum atomic E-state index is -3.64. The minimum absolute atomic E-state index is 0.209. The highest BCUT2D eigenvalue weighted by Gasteiger charge is 2.16. The summed E-state index contributed by atoms with van der Waals surface area (Å²) in [6.07, 6.45) is 6.49. The number of hydrogen-bond acceptors (Lipinski definition) is 3. The number of rotatable bonds is 4. The molecule has 1 aromatic carbocycles. The monoisotopic (exact) mass is 282 g/mol. The molecule has 0 spiro atoms. The van der Waals surface area contributed by atoms with E-state index in [9.17, 15) is 8.42 Å². The number of nitrogens with two attached hydrogens (primary N) is 1. The maximum Gasteiger partial charge on any atom is 0.238 e. The molecule has 0 aliphatic heterocycles. The molecule has 19 heavy (non-hydrogen) atoms. The molecule has 0 atom stereocenters. The number of benzene rings is 1. The van der Waals surface area contributed by atoms with Gasteiger partial charge in [-0.2, -0.15) is 0 Å². The SMILES string of the molecule is Cc1c(NCC2CCCCC2)cccc1S(N)(=O)=O. The van der Waals surface area contributed by atoms with Crippen LogP contribution in [-0.4, -0.2) is 15.0 Å². The number of hydrogen-bond donors (Lipinski definition) is 2. The lowest BCUT2D eigenvalue weighted by Gasteiger charge is -2.23. The van der Waals surface area contributed by atoms with E-state index in [0.29, 0.717) is 11.5 Å². The largest absolute Gasteiger partial charge is 0.385 e. The molecule has 0 heterocycles. The second-order valence-electron chi connectivity index (χ2n) is 5.36. The van der Waals surface area contributed by atoms with Crippen LogP contribution >= 0.6 is 0 Å². The molecule has 0 aromatic heterocycles. The summed E-state index contributed by atoms with van der Waals surface area (Å²) in [6.45, 7) is 2.71. The number of sulfonamides is 1. The van der Waals surface area contributed by atoms with Gasteiger partial charge in [-0.3, -0.25) is 0 Å². The van der Waals surface area contributed by atoms with E-state index in [2.05, 4.69) is 5.32 Å². The van der Waals surface area contributed by atoms with Crippen molar-refractivity contribution in [1.82, 2.24) is 0 Å². The molecule has 5 heteroatoms. The number of nitrogens with one attached hydrogen (secondary N) is 1. The van der Waals surface area contributed by atoms with Crippen LogP contribution in [0.5, 0.6) is 0 Å². The highest BCUT2D eigenvalue weighted by molar-refractivity contribution is 7.89. The lowest BCUT2D eigenvalue weighted by atomic mass is 9.89. The summed E-state index contributed by atoms with van der Waals surface area (Å²) in [6, 6.07) is 5.19. The highest BCUT2D eigenvalue weighted by Crippen LogP contribution is 2.26. The van der Waals surface area contributed by atoms with Gasteiger partial charge in [0.1, 0.15) is 0 Å². The summed E-state index contributed by atoms with van der Waals surface area (Å²) in [5.41, 5.74) is 1.58. The van der Waals surface area contributed by atoms with Crippen molar-refractivity contribution >= 4 is 15.7 Å². The fourth-order valence-electron chi connectivity index (χ4n) is 2.76. The fourth-order valence-corrected chi connectivity index (χ4v) is 3.56. The Labute approximate surface area is 115 Å². The summed E-state index contributed by atoms with van der Waals surface area (Å²) in [5.74, 6) is 0.700. The Morgan fingerprint density at radius 3 is 2.58 bits per heavy atom. The van der Waals surface area contributed by atoms with Crippen LogP contribution in [0.4, 0.5) is 5.69 Å². The van der Waals surface area contributed by atoms with Crippen LogP contribution in [0.25, 0.3) is 0 Å². The molecule has 1 aromatic rings. The van der Waals surface area contributed by atoms with Crippen molar-refractivity contribution in [1.29, 1.82) is 0 Å². The van der Waals surface area contributed by atoms with E-state index in [4.69, 9.17) is 5.14 Å². The Hall–Kier alpha value is -1.07. The third-order valence-corrected chi connectivity index (χ3v) is 4.95. The Bertz CT molecular complexity index is 534. The van der Waals surface area contributed by atoms with Crippen molar-refractivity contribution in [2.24, 2.45) is 11.1 Å². The number of anilines is 1. The van der Waals surface area contributed by atoms with E-state index in [-0.39, 0.29) is 4.90 Å². The van der Waals surface area contributed by atoms with Gasteiger partial charge in [-0.1, -0.05) is 25.3 Å². The summed E-state index contributed by atoms with van der Waals surface area (Å²) < 4.78 is 22.9. The van der Waals surface area contributed by atoms with E-state index in [0.717, 1.165) is 12.2 Å². The lowest BCUT2D eigenvalue weighted by Crippen LogP contribution is -2.19. The first-order valence-corrected chi connectivity index (χ1v) is 8.39. The second kappa shape index (κ2) is 5.92. The van der Waals surface area contributed by atoms with Gasteiger partial charge in [-0.15, -0.1) is 0 Å². The van der Waals surface area contributed by atoms with Gasteiger partial charge < -0.3 is 5.32 Å². The quantitative estimate of drug-likeness (QED) is 0.891. The van der Waals surface area contributed by atoms with Crippen molar-refractivity contribution in [3.05, 3.63) is 23.8 Å². The van der Waals surface area contributed by atoms with Gasteiger partial charge in [-0.25, -0.2) is 13.6 Å². The van der Waals surface area contributed by atoms with E-state index < -0.39 is 10.0 Å². The van der Waals surface area contributed by atoms with Crippen molar-refractivity contribution in [3.8, 4) is 0 Å². The zero-order valence-electron chi connectivity index (χ0n) is 11.4. The summed E-state index contributed by atoms with van der Waals surface area (Å²) in [5, 5.41) is 8.59. The Kier molecular flexibility index (Phi) is 4.47. The molecule has 0 amide bonds. The molecule has 0 saturated heterocycles. The molecule has 0 unspecified atom stereocenters. The number of primary sulfonamides is 1. The van der Waals surface area contributed by atoms with Gasteiger partial charge in [0.15, 0.2) is 0 Å². The molecule has 0 radical (unpaired) electrons. The van der Waals surface area contributed by atoms with Crippen LogP contribution in [0.15, 0.2) is 23.1 Å². The first-order valence-electron chi connectivity index (χ1n) is 6.85. The van der Waals surface area contributed by atoms with Crippen molar-refractivity contribution in [3.63, 3.8) is 0 Å². The molecule has 0 bridgehead atoms. The van der Waals surface area contributed by atoms with Crippen LogP contribution in [-0.2, 0) is 10.0 Å². The normalized spacial score (nSPS) is 17.4. The average Bonchev–Trinajstić information content (AvgIpc) is 2.37. The van der Waals surface area contributed by atoms with Gasteiger partial charge in [0.2, 0.25) is 10.0 Å². The first kappa shape index (κ1) is 14.3. The van der Waals surface area contributed by atoms with Crippen LogP contribution in [0.1, 0.15) is 37.7 Å². The summed E-state index contributed by atoms with van der Waals surface area (Å²) in [4.78, 5) is 0.209. The molecular weight excluding hydrogens is 260 g/mol. The van der Waals surface area contributed by atoms with Crippen LogP contribution in [0.2, 0.25) is 0 Å². The molecule has 1 saturated carbocycles. The van der Waals surface area contributed by atoms with Gasteiger partial charge >= 0.3 is 0 Å². The van der Waals surface area contributed by atoms with E-state index in [1.807, 2.05) is 6.07 Å². The predicted octanol–water partition coefficient (Wildman–Crippen LogP) is 2.63. The smallest absolute Gasteiger partial charge is 0.238 e. The highest BCUT2D eigenvalue weighted by atomic mass is 32.2. The maximum absolute atomic E-state index is 11.5. The zero-order valence-corrected chi connectivity index (χ0v) is 12.2.